The summed E-state index contributed by atoms with van der Waals surface area (Å²) in [6.45, 7) is 7.54. The lowest BCUT2D eigenvalue weighted by atomic mass is 9.79. The Morgan fingerprint density at radius 2 is 1.04 bits per heavy atom. The summed E-state index contributed by atoms with van der Waals surface area (Å²) in [6, 6.07) is 23.3. The van der Waals surface area contributed by atoms with E-state index in [4.69, 9.17) is 23.7 Å². The minimum Gasteiger partial charge on any atom is -0.494 e. The van der Waals surface area contributed by atoms with Crippen LogP contribution in [0.15, 0.2) is 84.9 Å². The largest absolute Gasteiger partial charge is 0.494 e. The van der Waals surface area contributed by atoms with Gasteiger partial charge in [0.05, 0.1) is 29.9 Å². The molecule has 1 aliphatic carbocycles. The van der Waals surface area contributed by atoms with Crippen LogP contribution >= 0.6 is 0 Å². The number of benzene rings is 4. The van der Waals surface area contributed by atoms with Gasteiger partial charge in [-0.1, -0.05) is 38.1 Å². The zero-order valence-electron chi connectivity index (χ0n) is 26.6. The summed E-state index contributed by atoms with van der Waals surface area (Å²) in [4.78, 5) is 52.1. The molecule has 5 rings (SSSR count). The van der Waals surface area contributed by atoms with Crippen molar-refractivity contribution in [1.29, 1.82) is 0 Å². The highest BCUT2D eigenvalue weighted by molar-refractivity contribution is 6.24. The molecule has 4 aromatic rings. The molecule has 0 unspecified atom stereocenters. The molecule has 0 atom stereocenters. The number of ether oxygens (including phenoxy) is 5. The minimum absolute atomic E-state index is 0.0115. The van der Waals surface area contributed by atoms with Crippen LogP contribution in [0.1, 0.15) is 83.5 Å². The zero-order chi connectivity index (χ0) is 33.5. The fraction of sp³-hybridized carbons (Fsp3) is 0.211. The van der Waals surface area contributed by atoms with Gasteiger partial charge in [0, 0.05) is 36.1 Å². The van der Waals surface area contributed by atoms with Crippen LogP contribution in [0, 0.1) is 0 Å². The first-order valence-corrected chi connectivity index (χ1v) is 15.3. The summed E-state index contributed by atoms with van der Waals surface area (Å²) in [6.07, 6.45) is 1.67. The maximum Gasteiger partial charge on any atom is 0.343 e. The standard InChI is InChI=1S/C38H34O9/c1-5-21-43-27-17-13-25(14-18-27)37(47-38(42)26-15-19-28(20-16-26)44-22-6-2)33-29-9-7-11-31(45-23(3)39)34(29)36(41)35-30(33)10-8-12-32(35)46-24(4)40/h7-20H,5-6,21-22H2,1-4H3. The van der Waals surface area contributed by atoms with E-state index in [0.29, 0.717) is 47.0 Å². The number of hydrogen-bond donors (Lipinski definition) is 0. The van der Waals surface area contributed by atoms with Gasteiger partial charge in [-0.2, -0.15) is 0 Å². The van der Waals surface area contributed by atoms with Gasteiger partial charge in [-0.25, -0.2) is 4.79 Å². The van der Waals surface area contributed by atoms with Gasteiger partial charge in [-0.05, 0) is 73.5 Å². The summed E-state index contributed by atoms with van der Waals surface area (Å²) >= 11 is 0. The third kappa shape index (κ3) is 7.25. The van der Waals surface area contributed by atoms with Gasteiger partial charge in [-0.3, -0.25) is 14.4 Å². The molecule has 0 heterocycles. The molecule has 0 bridgehead atoms. The van der Waals surface area contributed by atoms with Gasteiger partial charge in [0.1, 0.15) is 28.8 Å². The molecule has 0 aliphatic heterocycles. The van der Waals surface area contributed by atoms with E-state index in [1.54, 1.807) is 72.8 Å². The normalized spacial score (nSPS) is 11.6. The van der Waals surface area contributed by atoms with Gasteiger partial charge < -0.3 is 23.7 Å². The lowest BCUT2D eigenvalue weighted by Crippen LogP contribution is -2.20. The Kier molecular flexibility index (Phi) is 10.2. The summed E-state index contributed by atoms with van der Waals surface area (Å²) in [7, 11) is 0. The molecule has 0 saturated carbocycles. The average molecular weight is 635 g/mol. The van der Waals surface area contributed by atoms with E-state index in [2.05, 4.69) is 0 Å². The fourth-order valence-corrected chi connectivity index (χ4v) is 5.18. The van der Waals surface area contributed by atoms with E-state index >= 15 is 0 Å². The third-order valence-corrected chi connectivity index (χ3v) is 7.13. The first-order valence-electron chi connectivity index (χ1n) is 15.3. The number of hydrogen-bond acceptors (Lipinski definition) is 9. The van der Waals surface area contributed by atoms with Crippen molar-refractivity contribution >= 4 is 35.0 Å². The monoisotopic (exact) mass is 634 g/mol. The number of carbonyl (C=O) groups excluding carboxylic acids is 4. The summed E-state index contributed by atoms with van der Waals surface area (Å²) in [5, 5.41) is 0. The Morgan fingerprint density at radius 1 is 0.596 bits per heavy atom. The maximum absolute atomic E-state index is 14.2. The second-order valence-electron chi connectivity index (χ2n) is 10.7. The number of esters is 3. The molecule has 1 aliphatic rings. The minimum atomic E-state index is -0.659. The predicted molar refractivity (Wildman–Crippen MR) is 175 cm³/mol. The summed E-state index contributed by atoms with van der Waals surface area (Å²) in [5.74, 6) is -1.05. The Bertz CT molecular complexity index is 1780. The first-order chi connectivity index (χ1) is 22.7. The van der Waals surface area contributed by atoms with Gasteiger partial charge >= 0.3 is 17.9 Å². The molecule has 0 fully saturated rings. The van der Waals surface area contributed by atoms with Crippen LogP contribution < -0.4 is 18.9 Å². The van der Waals surface area contributed by atoms with E-state index in [0.717, 1.165) is 12.8 Å². The second-order valence-corrected chi connectivity index (χ2v) is 10.7. The van der Waals surface area contributed by atoms with Crippen LogP contribution in [0.2, 0.25) is 0 Å². The maximum atomic E-state index is 14.2. The number of carbonyl (C=O) groups is 4. The van der Waals surface area contributed by atoms with Crippen LogP contribution in [0.25, 0.3) is 11.3 Å². The van der Waals surface area contributed by atoms with Crippen molar-refractivity contribution in [3.05, 3.63) is 118 Å². The van der Waals surface area contributed by atoms with Crippen molar-refractivity contribution in [2.75, 3.05) is 13.2 Å². The van der Waals surface area contributed by atoms with Crippen LogP contribution in [-0.4, -0.2) is 36.9 Å². The lowest BCUT2D eigenvalue weighted by molar-refractivity contribution is -0.132. The Balaban J connectivity index is 1.76. The van der Waals surface area contributed by atoms with Crippen molar-refractivity contribution in [3.63, 3.8) is 0 Å². The van der Waals surface area contributed by atoms with Crippen molar-refractivity contribution < 1.29 is 42.9 Å². The van der Waals surface area contributed by atoms with Crippen LogP contribution in [0.3, 0.4) is 0 Å². The van der Waals surface area contributed by atoms with Crippen LogP contribution in [0.4, 0.5) is 0 Å². The first kappa shape index (κ1) is 32.7. The van der Waals surface area contributed by atoms with E-state index in [1.807, 2.05) is 13.8 Å². The number of ketones is 1. The zero-order valence-corrected chi connectivity index (χ0v) is 26.6. The smallest absolute Gasteiger partial charge is 0.343 e. The average Bonchev–Trinajstić information content (AvgIpc) is 3.06. The molecular weight excluding hydrogens is 600 g/mol. The molecule has 0 aromatic heterocycles. The Morgan fingerprint density at radius 3 is 1.47 bits per heavy atom. The molecular formula is C38H34O9. The molecule has 9 nitrogen and oxygen atoms in total. The highest BCUT2D eigenvalue weighted by atomic mass is 16.5. The number of fused-ring (bicyclic) bond motifs is 2. The van der Waals surface area contributed by atoms with E-state index < -0.39 is 23.7 Å². The SMILES string of the molecule is CCCOc1ccc(C(=O)OC(=C2c3cccc(OC(C)=O)c3C(=O)c3c(OC(C)=O)cccc32)c2ccc(OCCC)cc2)cc1. The van der Waals surface area contributed by atoms with Gasteiger partial charge in [-0.15, -0.1) is 0 Å². The molecule has 0 radical (unpaired) electrons. The topological polar surface area (TPSA) is 114 Å². The lowest BCUT2D eigenvalue weighted by Gasteiger charge is -2.27. The van der Waals surface area contributed by atoms with Crippen molar-refractivity contribution in [3.8, 4) is 23.0 Å². The second kappa shape index (κ2) is 14.6. The molecule has 47 heavy (non-hydrogen) atoms. The van der Waals surface area contributed by atoms with E-state index in [1.165, 1.54) is 26.0 Å². The number of rotatable bonds is 11. The molecule has 0 amide bonds. The molecule has 0 saturated heterocycles. The highest BCUT2D eigenvalue weighted by Gasteiger charge is 2.36. The van der Waals surface area contributed by atoms with Crippen molar-refractivity contribution in [2.45, 2.75) is 40.5 Å². The van der Waals surface area contributed by atoms with Crippen LogP contribution in [-0.2, 0) is 14.3 Å². The predicted octanol–water partition coefficient (Wildman–Crippen LogP) is 7.43. The van der Waals surface area contributed by atoms with Gasteiger partial charge in [0.15, 0.2) is 0 Å². The molecule has 0 N–H and O–H groups in total. The van der Waals surface area contributed by atoms with E-state index in [9.17, 15) is 19.2 Å². The molecule has 240 valence electrons. The molecule has 9 heteroatoms. The third-order valence-electron chi connectivity index (χ3n) is 7.13. The van der Waals surface area contributed by atoms with Gasteiger partial charge in [0.25, 0.3) is 0 Å². The summed E-state index contributed by atoms with van der Waals surface area (Å²) < 4.78 is 28.6. The molecule has 4 aromatic carbocycles. The van der Waals surface area contributed by atoms with Crippen LogP contribution in [0.5, 0.6) is 23.0 Å². The van der Waals surface area contributed by atoms with E-state index in [-0.39, 0.29) is 33.9 Å². The molecule has 0 spiro atoms. The van der Waals surface area contributed by atoms with Gasteiger partial charge in [0.2, 0.25) is 5.78 Å². The van der Waals surface area contributed by atoms with Crippen molar-refractivity contribution in [1.82, 2.24) is 0 Å². The Labute approximate surface area is 272 Å². The fourth-order valence-electron chi connectivity index (χ4n) is 5.18. The highest BCUT2D eigenvalue weighted by Crippen LogP contribution is 2.46. The quantitative estimate of drug-likeness (QED) is 0.0831. The summed E-state index contributed by atoms with van der Waals surface area (Å²) in [5.41, 5.74) is 1.96. The van der Waals surface area contributed by atoms with Crippen molar-refractivity contribution in [2.24, 2.45) is 0 Å². The Hall–Kier alpha value is -5.70.